The zero-order valence-corrected chi connectivity index (χ0v) is 16.2. The zero-order valence-electron chi connectivity index (χ0n) is 14.6. The molecule has 9 heteroatoms. The Morgan fingerprint density at radius 3 is 2.89 bits per heavy atom. The van der Waals surface area contributed by atoms with E-state index in [0.717, 1.165) is 17.0 Å². The topological polar surface area (TPSA) is 73.5 Å². The lowest BCUT2D eigenvalue weighted by molar-refractivity contribution is -0.122. The van der Waals surface area contributed by atoms with E-state index < -0.39 is 6.03 Å². The van der Waals surface area contributed by atoms with Crippen LogP contribution in [0.2, 0.25) is 0 Å². The van der Waals surface area contributed by atoms with Gasteiger partial charge in [0, 0.05) is 30.6 Å². The van der Waals surface area contributed by atoms with Crippen molar-refractivity contribution in [2.24, 2.45) is 0 Å². The minimum Gasteiger partial charge on any atom is -0.333 e. The summed E-state index contributed by atoms with van der Waals surface area (Å²) in [4.78, 5) is 27.1. The van der Waals surface area contributed by atoms with Crippen LogP contribution < -0.4 is 16.0 Å². The molecule has 0 aliphatic carbocycles. The number of carbonyl (C=O) groups excluding carboxylic acids is 2. The molecule has 0 bridgehead atoms. The normalized spacial score (nSPS) is 17.0. The van der Waals surface area contributed by atoms with E-state index in [9.17, 15) is 14.0 Å². The van der Waals surface area contributed by atoms with Crippen molar-refractivity contribution in [2.45, 2.75) is 12.6 Å². The Labute approximate surface area is 167 Å². The lowest BCUT2D eigenvalue weighted by Crippen LogP contribution is -2.51. The average molecular weight is 413 g/mol. The third kappa shape index (κ3) is 6.28. The molecule has 3 rings (SSSR count). The first-order valence-electron chi connectivity index (χ1n) is 8.42. The monoisotopic (exact) mass is 412 g/mol. The van der Waals surface area contributed by atoms with Gasteiger partial charge in [-0.2, -0.15) is 0 Å². The summed E-state index contributed by atoms with van der Waals surface area (Å²) in [6.07, 6.45) is 0. The van der Waals surface area contributed by atoms with Crippen molar-refractivity contribution in [1.82, 2.24) is 20.9 Å². The standard InChI is InChI=1S/C18H21FN4O2S.ClH/c19-14-4-1-3-13(9-14)16-11-20-6-7-23(16)12-17(24)22-18(25)21-10-15-5-2-8-26-15;/h1-5,8-9,16,20H,6-7,10-12H2,(H2,21,22,24,25);1H. The van der Waals surface area contributed by atoms with Crippen LogP contribution in [0.1, 0.15) is 16.5 Å². The molecule has 1 fully saturated rings. The Kier molecular flexibility index (Phi) is 8.18. The number of nitrogens with zero attached hydrogens (tertiary/aromatic N) is 1. The van der Waals surface area contributed by atoms with Crippen molar-refractivity contribution >= 4 is 35.7 Å². The maximum Gasteiger partial charge on any atom is 0.321 e. The lowest BCUT2D eigenvalue weighted by Gasteiger charge is -2.35. The highest BCUT2D eigenvalue weighted by Crippen LogP contribution is 2.22. The van der Waals surface area contributed by atoms with Gasteiger partial charge in [0.25, 0.3) is 0 Å². The second-order valence-electron chi connectivity index (χ2n) is 6.06. The molecule has 1 saturated heterocycles. The molecule has 146 valence electrons. The number of halogens is 2. The number of hydrogen-bond acceptors (Lipinski definition) is 5. The van der Waals surface area contributed by atoms with E-state index in [0.29, 0.717) is 19.6 Å². The number of nitrogens with one attached hydrogen (secondary N) is 3. The van der Waals surface area contributed by atoms with E-state index in [4.69, 9.17) is 0 Å². The molecule has 0 saturated carbocycles. The van der Waals surface area contributed by atoms with E-state index in [1.807, 2.05) is 28.5 Å². The zero-order chi connectivity index (χ0) is 18.4. The van der Waals surface area contributed by atoms with E-state index >= 15 is 0 Å². The summed E-state index contributed by atoms with van der Waals surface area (Å²) in [5.74, 6) is -0.678. The molecular weight excluding hydrogens is 391 g/mol. The third-order valence-electron chi connectivity index (χ3n) is 4.19. The SMILES string of the molecule is Cl.O=C(CN1CCNCC1c1cccc(F)c1)NC(=O)NCc1cccs1. The van der Waals surface area contributed by atoms with Crippen molar-refractivity contribution in [3.8, 4) is 0 Å². The number of thiophene rings is 1. The van der Waals surface area contributed by atoms with Gasteiger partial charge < -0.3 is 10.6 Å². The molecular formula is C18H22ClFN4O2S. The fourth-order valence-electron chi connectivity index (χ4n) is 2.95. The predicted molar refractivity (Wildman–Crippen MR) is 106 cm³/mol. The fourth-order valence-corrected chi connectivity index (χ4v) is 3.60. The van der Waals surface area contributed by atoms with Crippen molar-refractivity contribution < 1.29 is 14.0 Å². The van der Waals surface area contributed by atoms with Crippen LogP contribution in [0.25, 0.3) is 0 Å². The molecule has 3 amide bonds. The molecule has 27 heavy (non-hydrogen) atoms. The molecule has 1 unspecified atom stereocenters. The maximum absolute atomic E-state index is 13.5. The largest absolute Gasteiger partial charge is 0.333 e. The summed E-state index contributed by atoms with van der Waals surface area (Å²) in [5, 5.41) is 10.2. The number of benzene rings is 1. The highest BCUT2D eigenvalue weighted by atomic mass is 35.5. The van der Waals surface area contributed by atoms with Crippen LogP contribution in [0, 0.1) is 5.82 Å². The van der Waals surface area contributed by atoms with Crippen LogP contribution in [0.3, 0.4) is 0 Å². The molecule has 1 aliphatic heterocycles. The van der Waals surface area contributed by atoms with Gasteiger partial charge in [-0.1, -0.05) is 18.2 Å². The second-order valence-corrected chi connectivity index (χ2v) is 7.09. The van der Waals surface area contributed by atoms with Crippen LogP contribution in [-0.4, -0.2) is 43.0 Å². The third-order valence-corrected chi connectivity index (χ3v) is 5.07. The Bertz CT molecular complexity index is 760. The van der Waals surface area contributed by atoms with E-state index in [1.165, 1.54) is 23.5 Å². The number of piperazine rings is 1. The maximum atomic E-state index is 13.5. The van der Waals surface area contributed by atoms with Crippen LogP contribution in [0.5, 0.6) is 0 Å². The number of hydrogen-bond donors (Lipinski definition) is 3. The first kappa shape index (κ1) is 21.3. The first-order chi connectivity index (χ1) is 12.6. The molecule has 1 aromatic carbocycles. The quantitative estimate of drug-likeness (QED) is 0.704. The minimum absolute atomic E-state index is 0. The van der Waals surface area contributed by atoms with Crippen molar-refractivity contribution in [2.75, 3.05) is 26.2 Å². The van der Waals surface area contributed by atoms with E-state index in [2.05, 4.69) is 16.0 Å². The molecule has 0 spiro atoms. The number of carbonyl (C=O) groups is 2. The second kappa shape index (κ2) is 10.4. The molecule has 6 nitrogen and oxygen atoms in total. The van der Waals surface area contributed by atoms with Crippen LogP contribution >= 0.6 is 23.7 Å². The van der Waals surface area contributed by atoms with Gasteiger partial charge in [0.2, 0.25) is 5.91 Å². The minimum atomic E-state index is -0.513. The molecule has 2 heterocycles. The van der Waals surface area contributed by atoms with Crippen LogP contribution in [-0.2, 0) is 11.3 Å². The van der Waals surface area contributed by atoms with Crippen molar-refractivity contribution in [3.63, 3.8) is 0 Å². The summed E-state index contributed by atoms with van der Waals surface area (Å²) in [7, 11) is 0. The highest BCUT2D eigenvalue weighted by Gasteiger charge is 2.26. The highest BCUT2D eigenvalue weighted by molar-refractivity contribution is 7.09. The Balaban J connectivity index is 0.00000261. The Morgan fingerprint density at radius 2 is 2.15 bits per heavy atom. The average Bonchev–Trinajstić information content (AvgIpc) is 3.14. The number of urea groups is 1. The first-order valence-corrected chi connectivity index (χ1v) is 9.30. The Morgan fingerprint density at radius 1 is 1.30 bits per heavy atom. The summed E-state index contributed by atoms with van der Waals surface area (Å²) < 4.78 is 13.5. The molecule has 3 N–H and O–H groups in total. The van der Waals surface area contributed by atoms with E-state index in [1.54, 1.807) is 6.07 Å². The van der Waals surface area contributed by atoms with Gasteiger partial charge in [-0.3, -0.25) is 15.0 Å². The van der Waals surface area contributed by atoms with Gasteiger partial charge in [-0.25, -0.2) is 9.18 Å². The predicted octanol–water partition coefficient (Wildman–Crippen LogP) is 2.28. The molecule has 1 aliphatic rings. The number of rotatable bonds is 5. The number of imide groups is 1. The van der Waals surface area contributed by atoms with Gasteiger partial charge in [-0.15, -0.1) is 23.7 Å². The summed E-state index contributed by atoms with van der Waals surface area (Å²) in [6.45, 7) is 2.47. The van der Waals surface area contributed by atoms with Gasteiger partial charge in [0.05, 0.1) is 13.1 Å². The summed E-state index contributed by atoms with van der Waals surface area (Å²) >= 11 is 1.54. The summed E-state index contributed by atoms with van der Waals surface area (Å²) in [5.41, 5.74) is 0.812. The van der Waals surface area contributed by atoms with Crippen LogP contribution in [0.4, 0.5) is 9.18 Å². The van der Waals surface area contributed by atoms with Gasteiger partial charge in [0.1, 0.15) is 5.82 Å². The van der Waals surface area contributed by atoms with Gasteiger partial charge >= 0.3 is 6.03 Å². The van der Waals surface area contributed by atoms with Crippen LogP contribution in [0.15, 0.2) is 41.8 Å². The smallest absolute Gasteiger partial charge is 0.321 e. The fraction of sp³-hybridized carbons (Fsp3) is 0.333. The van der Waals surface area contributed by atoms with Crippen molar-refractivity contribution in [3.05, 3.63) is 58.0 Å². The van der Waals surface area contributed by atoms with Gasteiger partial charge in [0.15, 0.2) is 0 Å². The van der Waals surface area contributed by atoms with Crippen molar-refractivity contribution in [1.29, 1.82) is 0 Å². The molecule has 0 radical (unpaired) electrons. The van der Waals surface area contributed by atoms with E-state index in [-0.39, 0.29) is 36.7 Å². The number of amides is 3. The summed E-state index contributed by atoms with van der Waals surface area (Å²) in [6, 6.07) is 9.58. The lowest BCUT2D eigenvalue weighted by atomic mass is 10.0. The van der Waals surface area contributed by atoms with Gasteiger partial charge in [-0.05, 0) is 29.1 Å². The molecule has 2 aromatic rings. The molecule has 1 aromatic heterocycles. The molecule has 1 atom stereocenters. The Hall–Kier alpha value is -2.00.